The predicted octanol–water partition coefficient (Wildman–Crippen LogP) is 3.93. The van der Waals surface area contributed by atoms with E-state index in [0.29, 0.717) is 0 Å². The molecular formula is C9H22S. The van der Waals surface area contributed by atoms with Crippen LogP contribution in [0, 0.1) is 0 Å². The van der Waals surface area contributed by atoms with Crippen molar-refractivity contribution in [2.45, 2.75) is 40.0 Å². The highest BCUT2D eigenvalue weighted by Crippen LogP contribution is 1.93. The fourth-order valence-corrected chi connectivity index (χ4v) is 0.585. The molecule has 0 heterocycles. The second-order valence-corrected chi connectivity index (χ2v) is 1.88. The quantitative estimate of drug-likeness (QED) is 0.363. The van der Waals surface area contributed by atoms with Crippen LogP contribution >= 0.6 is 12.6 Å². The molecule has 0 atom stereocenters. The predicted molar refractivity (Wildman–Crippen MR) is 56.0 cm³/mol. The Labute approximate surface area is 72.1 Å². The molecule has 0 N–H and O–H groups in total. The average molecular weight is 162 g/mol. The third kappa shape index (κ3) is 42.6. The van der Waals surface area contributed by atoms with Gasteiger partial charge in [0.05, 0.1) is 0 Å². The van der Waals surface area contributed by atoms with Gasteiger partial charge in [-0.15, -0.1) is 13.2 Å². The first-order chi connectivity index (χ1) is 4.91. The summed E-state index contributed by atoms with van der Waals surface area (Å²) < 4.78 is 0. The van der Waals surface area contributed by atoms with Gasteiger partial charge in [0.25, 0.3) is 0 Å². The van der Waals surface area contributed by atoms with Crippen molar-refractivity contribution in [3.63, 3.8) is 0 Å². The van der Waals surface area contributed by atoms with Crippen molar-refractivity contribution in [1.29, 1.82) is 0 Å². The third-order valence-electron chi connectivity index (χ3n) is 0.762. The van der Waals surface area contributed by atoms with E-state index < -0.39 is 0 Å². The van der Waals surface area contributed by atoms with Crippen molar-refractivity contribution in [2.24, 2.45) is 0 Å². The van der Waals surface area contributed by atoms with E-state index in [2.05, 4.69) is 32.7 Å². The molecule has 0 saturated heterocycles. The minimum Gasteiger partial charge on any atom is -0.179 e. The Hall–Kier alpha value is 0.0900. The summed E-state index contributed by atoms with van der Waals surface area (Å²) in [6.45, 7) is 12.2. The highest BCUT2D eigenvalue weighted by atomic mass is 32.1. The molecule has 0 radical (unpaired) electrons. The van der Waals surface area contributed by atoms with Gasteiger partial charge in [-0.3, -0.25) is 0 Å². The van der Waals surface area contributed by atoms with Crippen LogP contribution < -0.4 is 0 Å². The largest absolute Gasteiger partial charge is 0.179 e. The lowest BCUT2D eigenvalue weighted by atomic mass is 10.3. The molecule has 0 bridgehead atoms. The maximum atomic E-state index is 4.05. The first-order valence-corrected chi connectivity index (χ1v) is 4.66. The molecule has 0 aliphatic heterocycles. The topological polar surface area (TPSA) is 0 Å². The van der Waals surface area contributed by atoms with Crippen LogP contribution in [0.15, 0.2) is 13.2 Å². The molecular weight excluding hydrogens is 140 g/mol. The summed E-state index contributed by atoms with van der Waals surface area (Å²) >= 11 is 4.05. The summed E-state index contributed by atoms with van der Waals surface area (Å²) in [6, 6.07) is 0. The lowest BCUT2D eigenvalue weighted by molar-refractivity contribution is 0.780. The van der Waals surface area contributed by atoms with Crippen LogP contribution in [-0.4, -0.2) is 5.75 Å². The molecule has 64 valence electrons. The van der Waals surface area contributed by atoms with Gasteiger partial charge < -0.3 is 0 Å². The molecule has 0 aliphatic carbocycles. The summed E-state index contributed by atoms with van der Waals surface area (Å²) in [5, 5.41) is 0. The van der Waals surface area contributed by atoms with Crippen molar-refractivity contribution in [3.8, 4) is 0 Å². The Bertz CT molecular complexity index is 23.9. The molecule has 0 amide bonds. The Morgan fingerprint density at radius 3 is 1.60 bits per heavy atom. The van der Waals surface area contributed by atoms with Crippen LogP contribution in [0.5, 0.6) is 0 Å². The second-order valence-electron chi connectivity index (χ2n) is 1.43. The molecule has 0 aromatic heterocycles. The standard InChI is InChI=1S/C5H12S.C2H6.C2H4/c1-2-3-4-5-6;2*1-2/h6H,2-5H2,1H3;1-2H3;1-2H2. The lowest BCUT2D eigenvalue weighted by Crippen LogP contribution is -1.70. The maximum absolute atomic E-state index is 4.05. The monoisotopic (exact) mass is 162 g/mol. The van der Waals surface area contributed by atoms with E-state index in [-0.39, 0.29) is 0 Å². The fraction of sp³-hybridized carbons (Fsp3) is 0.778. The fourth-order valence-electron chi connectivity index (χ4n) is 0.362. The normalized spacial score (nSPS) is 6.40. The molecule has 0 aromatic carbocycles. The average Bonchev–Trinajstić information content (AvgIpc) is 2.08. The van der Waals surface area contributed by atoms with E-state index in [0.717, 1.165) is 5.75 Å². The summed E-state index contributed by atoms with van der Waals surface area (Å²) in [5.41, 5.74) is 0. The molecule has 0 spiro atoms. The van der Waals surface area contributed by atoms with E-state index in [9.17, 15) is 0 Å². The zero-order chi connectivity index (χ0) is 8.83. The number of thiol groups is 1. The summed E-state index contributed by atoms with van der Waals surface area (Å²) in [7, 11) is 0. The Balaban J connectivity index is -0.000000105. The molecule has 10 heavy (non-hydrogen) atoms. The number of hydrogen-bond acceptors (Lipinski definition) is 1. The van der Waals surface area contributed by atoms with Gasteiger partial charge in [-0.05, 0) is 12.2 Å². The van der Waals surface area contributed by atoms with E-state index >= 15 is 0 Å². The second kappa shape index (κ2) is 35.6. The van der Waals surface area contributed by atoms with Crippen LogP contribution in [-0.2, 0) is 0 Å². The van der Waals surface area contributed by atoms with Crippen molar-refractivity contribution >= 4 is 12.6 Å². The van der Waals surface area contributed by atoms with Gasteiger partial charge in [0.1, 0.15) is 0 Å². The molecule has 0 aromatic rings. The molecule has 0 unspecified atom stereocenters. The van der Waals surface area contributed by atoms with Gasteiger partial charge in [-0.2, -0.15) is 12.6 Å². The maximum Gasteiger partial charge on any atom is -0.00979 e. The van der Waals surface area contributed by atoms with E-state index in [4.69, 9.17) is 0 Å². The minimum atomic E-state index is 1.05. The molecule has 0 fully saturated rings. The minimum absolute atomic E-state index is 1.05. The van der Waals surface area contributed by atoms with Crippen molar-refractivity contribution in [3.05, 3.63) is 13.2 Å². The van der Waals surface area contributed by atoms with E-state index in [1.54, 1.807) is 0 Å². The van der Waals surface area contributed by atoms with E-state index in [1.807, 2.05) is 13.8 Å². The summed E-state index contributed by atoms with van der Waals surface area (Å²) in [4.78, 5) is 0. The molecule has 0 saturated carbocycles. The van der Waals surface area contributed by atoms with Crippen LogP contribution in [0.25, 0.3) is 0 Å². The lowest BCUT2D eigenvalue weighted by Gasteiger charge is -1.85. The van der Waals surface area contributed by atoms with Gasteiger partial charge >= 0.3 is 0 Å². The van der Waals surface area contributed by atoms with Crippen molar-refractivity contribution in [2.75, 3.05) is 5.75 Å². The van der Waals surface area contributed by atoms with Gasteiger partial charge in [0, 0.05) is 0 Å². The summed E-state index contributed by atoms with van der Waals surface area (Å²) in [6.07, 6.45) is 3.92. The van der Waals surface area contributed by atoms with Gasteiger partial charge in [-0.1, -0.05) is 33.6 Å². The highest BCUT2D eigenvalue weighted by molar-refractivity contribution is 7.80. The number of hydrogen-bond donors (Lipinski definition) is 1. The van der Waals surface area contributed by atoms with Crippen molar-refractivity contribution < 1.29 is 0 Å². The zero-order valence-corrected chi connectivity index (χ0v) is 8.58. The molecule has 1 heteroatoms. The Kier molecular flexibility index (Phi) is 59.0. The SMILES string of the molecule is C=C.CC.CCCCCS. The van der Waals surface area contributed by atoms with Crippen LogP contribution in [0.2, 0.25) is 0 Å². The molecule has 0 nitrogen and oxygen atoms in total. The van der Waals surface area contributed by atoms with E-state index in [1.165, 1.54) is 19.3 Å². The zero-order valence-electron chi connectivity index (χ0n) is 7.69. The first kappa shape index (κ1) is 16.6. The smallest absolute Gasteiger partial charge is 0.00979 e. The Morgan fingerprint density at radius 2 is 1.50 bits per heavy atom. The van der Waals surface area contributed by atoms with Crippen LogP contribution in [0.4, 0.5) is 0 Å². The van der Waals surface area contributed by atoms with Crippen molar-refractivity contribution in [1.82, 2.24) is 0 Å². The molecule has 0 aliphatic rings. The first-order valence-electron chi connectivity index (χ1n) is 4.02. The highest BCUT2D eigenvalue weighted by Gasteiger charge is 1.75. The van der Waals surface area contributed by atoms with Crippen LogP contribution in [0.3, 0.4) is 0 Å². The number of rotatable bonds is 3. The Morgan fingerprint density at radius 1 is 1.10 bits per heavy atom. The molecule has 0 rings (SSSR count). The van der Waals surface area contributed by atoms with Crippen LogP contribution in [0.1, 0.15) is 40.0 Å². The van der Waals surface area contributed by atoms with Gasteiger partial charge in [0.15, 0.2) is 0 Å². The van der Waals surface area contributed by atoms with Gasteiger partial charge in [-0.25, -0.2) is 0 Å². The third-order valence-corrected chi connectivity index (χ3v) is 1.08. The number of unbranched alkanes of at least 4 members (excludes halogenated alkanes) is 2. The summed E-state index contributed by atoms with van der Waals surface area (Å²) in [5.74, 6) is 1.05. The van der Waals surface area contributed by atoms with Gasteiger partial charge in [0.2, 0.25) is 0 Å².